The summed E-state index contributed by atoms with van der Waals surface area (Å²) in [6.45, 7) is 6.18. The Bertz CT molecular complexity index is 773. The molecule has 2 saturated heterocycles. The van der Waals surface area contributed by atoms with Crippen molar-refractivity contribution in [2.45, 2.75) is 19.9 Å². The first-order valence-electron chi connectivity index (χ1n) is 8.71. The van der Waals surface area contributed by atoms with Gasteiger partial charge in [0.2, 0.25) is 11.9 Å². The fraction of sp³-hybridized carbons (Fsp3) is 0.421. The first-order chi connectivity index (χ1) is 12.0. The molecule has 2 aromatic rings. The summed E-state index contributed by atoms with van der Waals surface area (Å²) in [6, 6.07) is 12.5. The van der Waals surface area contributed by atoms with Gasteiger partial charge in [0.05, 0.1) is 6.04 Å². The number of anilines is 2. The van der Waals surface area contributed by atoms with E-state index >= 15 is 0 Å². The zero-order valence-electron chi connectivity index (χ0n) is 14.6. The smallest absolute Gasteiger partial charge is 0.222 e. The van der Waals surface area contributed by atoms with E-state index in [0.717, 1.165) is 31.1 Å². The second-order valence-electron chi connectivity index (χ2n) is 7.08. The molecule has 130 valence electrons. The van der Waals surface area contributed by atoms with Crippen LogP contribution in [-0.2, 0) is 4.79 Å². The quantitative estimate of drug-likeness (QED) is 0.907. The van der Waals surface area contributed by atoms with Crippen molar-refractivity contribution in [3.63, 3.8) is 0 Å². The lowest BCUT2D eigenvalue weighted by Crippen LogP contribution is -2.34. The Hall–Kier alpha value is -2.63. The standard InChI is InChI=1S/C19H23N5O/c1-12-8-17(22-19(20)21-12)23-9-15-10-24(13(2)25)18(16(15)11-23)14-6-4-3-5-7-14/h3-8,15-16,18H,9-11H2,1-2H3,(H2,20,21,22)/t15-,16-,18-/m1/s1. The molecule has 2 N–H and O–H groups in total. The topological polar surface area (TPSA) is 75.4 Å². The van der Waals surface area contributed by atoms with Crippen molar-refractivity contribution < 1.29 is 4.79 Å². The Morgan fingerprint density at radius 3 is 2.60 bits per heavy atom. The van der Waals surface area contributed by atoms with E-state index in [1.807, 2.05) is 36.1 Å². The number of carbonyl (C=O) groups is 1. The van der Waals surface area contributed by atoms with Gasteiger partial charge in [-0.1, -0.05) is 30.3 Å². The van der Waals surface area contributed by atoms with Gasteiger partial charge in [0.15, 0.2) is 0 Å². The van der Waals surface area contributed by atoms with Gasteiger partial charge < -0.3 is 15.5 Å². The molecule has 6 nitrogen and oxygen atoms in total. The van der Waals surface area contributed by atoms with Crippen LogP contribution in [0, 0.1) is 18.8 Å². The number of nitrogens with zero attached hydrogens (tertiary/aromatic N) is 4. The van der Waals surface area contributed by atoms with Crippen molar-refractivity contribution in [2.24, 2.45) is 11.8 Å². The Labute approximate surface area is 147 Å². The minimum atomic E-state index is 0.133. The number of rotatable bonds is 2. The van der Waals surface area contributed by atoms with E-state index in [1.54, 1.807) is 6.92 Å². The number of aryl methyl sites for hydroxylation is 1. The van der Waals surface area contributed by atoms with Crippen LogP contribution in [0.3, 0.4) is 0 Å². The van der Waals surface area contributed by atoms with Gasteiger partial charge in [0.1, 0.15) is 5.82 Å². The second-order valence-corrected chi connectivity index (χ2v) is 7.08. The van der Waals surface area contributed by atoms with E-state index in [-0.39, 0.29) is 11.9 Å². The zero-order valence-corrected chi connectivity index (χ0v) is 14.6. The van der Waals surface area contributed by atoms with Crippen molar-refractivity contribution >= 4 is 17.7 Å². The first-order valence-corrected chi connectivity index (χ1v) is 8.71. The molecule has 2 fully saturated rings. The van der Waals surface area contributed by atoms with E-state index in [9.17, 15) is 4.79 Å². The van der Waals surface area contributed by atoms with Gasteiger partial charge in [-0.15, -0.1) is 0 Å². The van der Waals surface area contributed by atoms with E-state index in [4.69, 9.17) is 5.73 Å². The highest BCUT2D eigenvalue weighted by Crippen LogP contribution is 2.45. The number of likely N-dealkylation sites (tertiary alicyclic amines) is 1. The van der Waals surface area contributed by atoms with Crippen LogP contribution < -0.4 is 10.6 Å². The van der Waals surface area contributed by atoms with E-state index in [2.05, 4.69) is 27.0 Å². The number of fused-ring (bicyclic) bond motifs is 1. The first kappa shape index (κ1) is 15.9. The SMILES string of the molecule is CC(=O)N1C[C@H]2CN(c3cc(C)nc(N)n3)C[C@H]2[C@H]1c1ccccc1. The monoisotopic (exact) mass is 337 g/mol. The highest BCUT2D eigenvalue weighted by molar-refractivity contribution is 5.74. The third-order valence-electron chi connectivity index (χ3n) is 5.39. The fourth-order valence-corrected chi connectivity index (χ4v) is 4.37. The van der Waals surface area contributed by atoms with E-state index in [1.165, 1.54) is 5.56 Å². The number of nitrogen functional groups attached to an aromatic ring is 1. The van der Waals surface area contributed by atoms with Crippen LogP contribution >= 0.6 is 0 Å². The molecule has 1 aromatic carbocycles. The molecule has 0 aliphatic carbocycles. The molecule has 0 bridgehead atoms. The van der Waals surface area contributed by atoms with Crippen LogP contribution in [0.25, 0.3) is 0 Å². The summed E-state index contributed by atoms with van der Waals surface area (Å²) in [6.07, 6.45) is 0. The number of carbonyl (C=O) groups excluding carboxylic acids is 1. The average molecular weight is 337 g/mol. The van der Waals surface area contributed by atoms with Crippen LogP contribution in [0.5, 0.6) is 0 Å². The van der Waals surface area contributed by atoms with Crippen molar-refractivity contribution in [3.05, 3.63) is 47.7 Å². The van der Waals surface area contributed by atoms with E-state index < -0.39 is 0 Å². The summed E-state index contributed by atoms with van der Waals surface area (Å²) in [7, 11) is 0. The number of nitrogens with two attached hydrogens (primary N) is 1. The third-order valence-corrected chi connectivity index (χ3v) is 5.39. The fourth-order valence-electron chi connectivity index (χ4n) is 4.37. The second kappa shape index (κ2) is 6.02. The number of hydrogen-bond acceptors (Lipinski definition) is 5. The minimum Gasteiger partial charge on any atom is -0.368 e. The molecular weight excluding hydrogens is 314 g/mol. The lowest BCUT2D eigenvalue weighted by Gasteiger charge is -2.29. The Morgan fingerprint density at radius 1 is 1.16 bits per heavy atom. The van der Waals surface area contributed by atoms with Gasteiger partial charge in [-0.3, -0.25) is 4.79 Å². The molecule has 1 aromatic heterocycles. The molecule has 6 heteroatoms. The van der Waals surface area contributed by atoms with Crippen molar-refractivity contribution in [1.29, 1.82) is 0 Å². The Kier molecular flexibility index (Phi) is 3.82. The van der Waals surface area contributed by atoms with Crippen LogP contribution in [0.4, 0.5) is 11.8 Å². The molecule has 25 heavy (non-hydrogen) atoms. The highest BCUT2D eigenvalue weighted by atomic mass is 16.2. The normalized spacial score (nSPS) is 25.3. The molecular formula is C19H23N5O. The lowest BCUT2D eigenvalue weighted by atomic mass is 9.89. The Balaban J connectivity index is 1.63. The predicted octanol–water partition coefficient (Wildman–Crippen LogP) is 2.02. The van der Waals surface area contributed by atoms with Gasteiger partial charge >= 0.3 is 0 Å². The summed E-state index contributed by atoms with van der Waals surface area (Å²) >= 11 is 0. The highest BCUT2D eigenvalue weighted by Gasteiger charge is 2.48. The molecule has 0 saturated carbocycles. The summed E-state index contributed by atoms with van der Waals surface area (Å²) < 4.78 is 0. The van der Waals surface area contributed by atoms with Gasteiger partial charge in [-0.05, 0) is 12.5 Å². The molecule has 0 spiro atoms. The van der Waals surface area contributed by atoms with Crippen molar-refractivity contribution in [2.75, 3.05) is 30.3 Å². The van der Waals surface area contributed by atoms with Crippen LogP contribution in [0.15, 0.2) is 36.4 Å². The summed E-state index contributed by atoms with van der Waals surface area (Å²) in [4.78, 5) is 25.1. The number of hydrogen-bond donors (Lipinski definition) is 1. The number of aromatic nitrogens is 2. The minimum absolute atomic E-state index is 0.133. The molecule has 4 rings (SSSR count). The number of amides is 1. The molecule has 3 atom stereocenters. The van der Waals surface area contributed by atoms with Crippen LogP contribution in [-0.4, -0.2) is 40.4 Å². The maximum Gasteiger partial charge on any atom is 0.222 e. The maximum absolute atomic E-state index is 12.2. The summed E-state index contributed by atoms with van der Waals surface area (Å²) in [5.74, 6) is 2.21. The van der Waals surface area contributed by atoms with E-state index in [0.29, 0.717) is 17.8 Å². The Morgan fingerprint density at radius 2 is 1.92 bits per heavy atom. The van der Waals surface area contributed by atoms with Crippen molar-refractivity contribution in [3.8, 4) is 0 Å². The average Bonchev–Trinajstić information content (AvgIpc) is 3.12. The largest absolute Gasteiger partial charge is 0.368 e. The third kappa shape index (κ3) is 2.81. The number of benzene rings is 1. The maximum atomic E-state index is 12.2. The van der Waals surface area contributed by atoms with Crippen LogP contribution in [0.2, 0.25) is 0 Å². The van der Waals surface area contributed by atoms with Gasteiger partial charge in [-0.2, -0.15) is 4.98 Å². The molecule has 3 heterocycles. The molecule has 0 unspecified atom stereocenters. The lowest BCUT2D eigenvalue weighted by molar-refractivity contribution is -0.130. The molecule has 2 aliphatic rings. The zero-order chi connectivity index (χ0) is 17.6. The van der Waals surface area contributed by atoms with Crippen LogP contribution in [0.1, 0.15) is 24.2 Å². The molecule has 2 aliphatic heterocycles. The summed E-state index contributed by atoms with van der Waals surface area (Å²) in [5, 5.41) is 0. The van der Waals surface area contributed by atoms with Crippen molar-refractivity contribution in [1.82, 2.24) is 14.9 Å². The van der Waals surface area contributed by atoms with Gasteiger partial charge in [-0.25, -0.2) is 4.98 Å². The summed E-state index contributed by atoms with van der Waals surface area (Å²) in [5.41, 5.74) is 7.91. The predicted molar refractivity (Wildman–Crippen MR) is 96.9 cm³/mol. The van der Waals surface area contributed by atoms with Gasteiger partial charge in [0.25, 0.3) is 0 Å². The molecule has 1 amide bonds. The van der Waals surface area contributed by atoms with Gasteiger partial charge in [0, 0.05) is 50.2 Å². The molecule has 0 radical (unpaired) electrons.